The molecule has 0 aliphatic rings. The highest BCUT2D eigenvalue weighted by molar-refractivity contribution is 5.84. The maximum atomic E-state index is 13.6. The smallest absolute Gasteiger partial charge is 0.323 e. The van der Waals surface area contributed by atoms with Crippen LogP contribution >= 0.6 is 0 Å². The maximum Gasteiger partial charge on any atom is 0.323 e. The number of H-pyrrole nitrogens is 1. The predicted molar refractivity (Wildman–Crippen MR) is 157 cm³/mol. The largest absolute Gasteiger partial charge is 0.496 e. The number of carbonyl (C=O) groups is 2. The lowest BCUT2D eigenvalue weighted by atomic mass is 10.0. The van der Waals surface area contributed by atoms with Crippen LogP contribution in [0.4, 0.5) is 0 Å². The van der Waals surface area contributed by atoms with Crippen molar-refractivity contribution in [1.82, 2.24) is 20.5 Å². The monoisotopic (exact) mass is 542 g/mol. The first kappa shape index (κ1) is 28.9. The Morgan fingerprint density at radius 3 is 2.25 bits per heavy atom. The number of hydrogen-bond donors (Lipinski definition) is 3. The standard InChI is InChI=1S/C32H38N4O4/c1-36(22-24-13-7-10-16-30(24)39-2)31(37)28(19-23-11-5-4-6-12-23)33-17-18-34-29(32(38)40-3)20-25-21-35-27-15-9-8-14-26(25)27/h4-16,21,28-29,33-35H,17-20,22H2,1-3H3. The lowest BCUT2D eigenvalue weighted by Crippen LogP contribution is -2.49. The predicted octanol–water partition coefficient (Wildman–Crippen LogP) is 3.71. The Bertz CT molecular complexity index is 1390. The Morgan fingerprint density at radius 1 is 0.825 bits per heavy atom. The molecule has 3 N–H and O–H groups in total. The molecule has 0 spiro atoms. The number of nitrogens with zero attached hydrogens (tertiary/aromatic N) is 1. The quantitative estimate of drug-likeness (QED) is 0.166. The second kappa shape index (κ2) is 14.3. The Balaban J connectivity index is 1.40. The van der Waals surface area contributed by atoms with Gasteiger partial charge in [0, 0.05) is 55.8 Å². The maximum absolute atomic E-state index is 13.6. The fourth-order valence-electron chi connectivity index (χ4n) is 4.92. The molecule has 1 heterocycles. The highest BCUT2D eigenvalue weighted by Gasteiger charge is 2.24. The highest BCUT2D eigenvalue weighted by Crippen LogP contribution is 2.20. The average molecular weight is 543 g/mol. The van der Waals surface area contributed by atoms with E-state index in [1.165, 1.54) is 7.11 Å². The van der Waals surface area contributed by atoms with E-state index >= 15 is 0 Å². The average Bonchev–Trinajstić information content (AvgIpc) is 3.40. The van der Waals surface area contributed by atoms with Gasteiger partial charge in [-0.3, -0.25) is 9.59 Å². The number of methoxy groups -OCH3 is 2. The Morgan fingerprint density at radius 2 is 1.50 bits per heavy atom. The molecule has 0 fully saturated rings. The zero-order valence-corrected chi connectivity index (χ0v) is 23.4. The van der Waals surface area contributed by atoms with Gasteiger partial charge in [-0.25, -0.2) is 0 Å². The first-order valence-electron chi connectivity index (χ1n) is 13.5. The minimum absolute atomic E-state index is 0.0157. The fraction of sp³-hybridized carbons (Fsp3) is 0.312. The number of benzene rings is 3. The van der Waals surface area contributed by atoms with Crippen molar-refractivity contribution in [2.24, 2.45) is 0 Å². The van der Waals surface area contributed by atoms with Crippen LogP contribution < -0.4 is 15.4 Å². The number of aromatic nitrogens is 1. The van der Waals surface area contributed by atoms with Crippen molar-refractivity contribution < 1.29 is 19.1 Å². The molecule has 2 atom stereocenters. The molecule has 8 nitrogen and oxygen atoms in total. The topological polar surface area (TPSA) is 95.7 Å². The van der Waals surface area contributed by atoms with Crippen LogP contribution in [0.25, 0.3) is 10.9 Å². The van der Waals surface area contributed by atoms with Crippen molar-refractivity contribution in [1.29, 1.82) is 0 Å². The van der Waals surface area contributed by atoms with Gasteiger partial charge in [-0.2, -0.15) is 0 Å². The van der Waals surface area contributed by atoms with Gasteiger partial charge >= 0.3 is 5.97 Å². The number of esters is 1. The Labute approximate surface area is 235 Å². The van der Waals surface area contributed by atoms with E-state index in [1.807, 2.05) is 85.1 Å². The summed E-state index contributed by atoms with van der Waals surface area (Å²) in [4.78, 5) is 31.2. The summed E-state index contributed by atoms with van der Waals surface area (Å²) in [5.74, 6) is 0.416. The third kappa shape index (κ3) is 7.49. The van der Waals surface area contributed by atoms with Gasteiger partial charge in [0.25, 0.3) is 0 Å². The van der Waals surface area contributed by atoms with E-state index in [0.29, 0.717) is 32.5 Å². The van der Waals surface area contributed by atoms with Gasteiger partial charge in [0.15, 0.2) is 0 Å². The van der Waals surface area contributed by atoms with Crippen molar-refractivity contribution >= 4 is 22.8 Å². The van der Waals surface area contributed by atoms with Crippen LogP contribution in [-0.4, -0.2) is 68.2 Å². The van der Waals surface area contributed by atoms with Gasteiger partial charge in [0.05, 0.1) is 20.3 Å². The molecule has 8 heteroatoms. The number of likely N-dealkylation sites (N-methyl/N-ethyl adjacent to an activating group) is 1. The molecule has 4 aromatic rings. The molecular formula is C32H38N4O4. The lowest BCUT2D eigenvalue weighted by molar-refractivity contribution is -0.143. The molecule has 4 rings (SSSR count). The number of carbonyl (C=O) groups excluding carboxylic acids is 2. The van der Waals surface area contributed by atoms with Gasteiger partial charge in [0.1, 0.15) is 11.8 Å². The van der Waals surface area contributed by atoms with E-state index in [4.69, 9.17) is 9.47 Å². The van der Waals surface area contributed by atoms with Crippen LogP contribution in [-0.2, 0) is 33.7 Å². The van der Waals surface area contributed by atoms with Crippen LogP contribution in [0.2, 0.25) is 0 Å². The number of nitrogens with one attached hydrogen (secondary N) is 3. The minimum atomic E-state index is -0.512. The number of ether oxygens (including phenoxy) is 2. The van der Waals surface area contributed by atoms with E-state index in [0.717, 1.165) is 33.3 Å². The zero-order chi connectivity index (χ0) is 28.3. The SMILES string of the molecule is COC(=O)C(Cc1c[nH]c2ccccc12)NCCNC(Cc1ccccc1)C(=O)N(C)Cc1ccccc1OC. The van der Waals surface area contributed by atoms with Crippen LogP contribution in [0.5, 0.6) is 5.75 Å². The number of hydrogen-bond acceptors (Lipinski definition) is 6. The summed E-state index contributed by atoms with van der Waals surface area (Å²) in [6.45, 7) is 1.41. The lowest BCUT2D eigenvalue weighted by Gasteiger charge is -2.26. The first-order chi connectivity index (χ1) is 19.5. The van der Waals surface area contributed by atoms with E-state index < -0.39 is 12.1 Å². The summed E-state index contributed by atoms with van der Waals surface area (Å²) in [5, 5.41) is 7.83. The number of aromatic amines is 1. The van der Waals surface area contributed by atoms with Gasteiger partial charge < -0.3 is 30.0 Å². The van der Waals surface area contributed by atoms with Crippen molar-refractivity contribution in [3.05, 3.63) is 102 Å². The summed E-state index contributed by atoms with van der Waals surface area (Å²) in [7, 11) is 4.84. The summed E-state index contributed by atoms with van der Waals surface area (Å²) in [5.41, 5.74) is 4.08. The van der Waals surface area contributed by atoms with Crippen LogP contribution in [0.1, 0.15) is 16.7 Å². The molecule has 1 aromatic heterocycles. The number of rotatable bonds is 14. The second-order valence-corrected chi connectivity index (χ2v) is 9.80. The molecule has 40 heavy (non-hydrogen) atoms. The van der Waals surface area contributed by atoms with Crippen molar-refractivity contribution in [3.8, 4) is 5.75 Å². The molecule has 0 bridgehead atoms. The van der Waals surface area contributed by atoms with Crippen LogP contribution in [0.3, 0.4) is 0 Å². The minimum Gasteiger partial charge on any atom is -0.496 e. The molecule has 0 saturated carbocycles. The molecule has 210 valence electrons. The summed E-state index contributed by atoms with van der Waals surface area (Å²) in [6, 6.07) is 24.7. The highest BCUT2D eigenvalue weighted by atomic mass is 16.5. The van der Waals surface area contributed by atoms with E-state index in [2.05, 4.69) is 15.6 Å². The fourth-order valence-corrected chi connectivity index (χ4v) is 4.92. The molecule has 2 unspecified atom stereocenters. The molecule has 0 aliphatic heterocycles. The van der Waals surface area contributed by atoms with Crippen molar-refractivity contribution in [2.45, 2.75) is 31.5 Å². The third-order valence-electron chi connectivity index (χ3n) is 7.05. The van der Waals surface area contributed by atoms with E-state index in [-0.39, 0.29) is 11.9 Å². The molecule has 0 saturated heterocycles. The number of amides is 1. The van der Waals surface area contributed by atoms with Crippen molar-refractivity contribution in [2.75, 3.05) is 34.4 Å². The van der Waals surface area contributed by atoms with Crippen molar-refractivity contribution in [3.63, 3.8) is 0 Å². The van der Waals surface area contributed by atoms with E-state index in [9.17, 15) is 9.59 Å². The first-order valence-corrected chi connectivity index (χ1v) is 13.5. The normalized spacial score (nSPS) is 12.6. The van der Waals surface area contributed by atoms with Crippen LogP contribution in [0, 0.1) is 0 Å². The Hall–Kier alpha value is -4.14. The molecule has 0 aliphatic carbocycles. The second-order valence-electron chi connectivity index (χ2n) is 9.80. The van der Waals surface area contributed by atoms with Crippen LogP contribution in [0.15, 0.2) is 85.1 Å². The summed E-state index contributed by atoms with van der Waals surface area (Å²) in [6.07, 6.45) is 2.98. The van der Waals surface area contributed by atoms with Gasteiger partial charge in [0.2, 0.25) is 5.91 Å². The molecule has 3 aromatic carbocycles. The van der Waals surface area contributed by atoms with Gasteiger partial charge in [-0.05, 0) is 29.7 Å². The molecule has 0 radical (unpaired) electrons. The molecular weight excluding hydrogens is 504 g/mol. The van der Waals surface area contributed by atoms with Gasteiger partial charge in [-0.15, -0.1) is 0 Å². The zero-order valence-electron chi connectivity index (χ0n) is 23.4. The van der Waals surface area contributed by atoms with E-state index in [1.54, 1.807) is 19.1 Å². The molecule has 1 amide bonds. The summed E-state index contributed by atoms with van der Waals surface area (Å²) >= 11 is 0. The third-order valence-corrected chi connectivity index (χ3v) is 7.05. The van der Waals surface area contributed by atoms with Gasteiger partial charge in [-0.1, -0.05) is 66.7 Å². The Kier molecular flexibility index (Phi) is 10.3. The summed E-state index contributed by atoms with van der Waals surface area (Å²) < 4.78 is 10.5. The number of fused-ring (bicyclic) bond motifs is 1. The number of para-hydroxylation sites is 2.